The molecule has 0 saturated carbocycles. The van der Waals surface area contributed by atoms with Gasteiger partial charge in [-0.25, -0.2) is 4.79 Å². The maximum absolute atomic E-state index is 12.1. The lowest BCUT2D eigenvalue weighted by atomic mass is 10.1. The van der Waals surface area contributed by atoms with Crippen molar-refractivity contribution in [2.75, 3.05) is 11.9 Å². The monoisotopic (exact) mass is 419 g/mol. The molecule has 0 atom stereocenters. The minimum absolute atomic E-state index is 0.204. The van der Waals surface area contributed by atoms with Crippen molar-refractivity contribution in [1.29, 1.82) is 0 Å². The van der Waals surface area contributed by atoms with Crippen LogP contribution in [0.4, 0.5) is 10.5 Å². The molecule has 2 aromatic heterocycles. The van der Waals surface area contributed by atoms with E-state index in [-0.39, 0.29) is 17.7 Å². The minimum Gasteiger partial charge on any atom is -0.459 e. The van der Waals surface area contributed by atoms with Crippen LogP contribution in [0, 0.1) is 0 Å². The highest BCUT2D eigenvalue weighted by Crippen LogP contribution is 2.25. The Kier molecular flexibility index (Phi) is 6.10. The first-order valence-electron chi connectivity index (χ1n) is 9.59. The number of nitrogens with one attached hydrogen (secondary N) is 3. The molecule has 0 aliphatic heterocycles. The maximum Gasteiger partial charge on any atom is 0.315 e. The first kappa shape index (κ1) is 19.7. The van der Waals surface area contributed by atoms with Crippen molar-refractivity contribution < 1.29 is 14.0 Å². The van der Waals surface area contributed by atoms with Gasteiger partial charge in [0.25, 0.3) is 5.91 Å². The Bertz CT molecular complexity index is 1130. The van der Waals surface area contributed by atoms with Gasteiger partial charge in [0.2, 0.25) is 0 Å². The minimum atomic E-state index is -0.302. The van der Waals surface area contributed by atoms with E-state index in [0.717, 1.165) is 12.0 Å². The fourth-order valence-corrected chi connectivity index (χ4v) is 4.09. The van der Waals surface area contributed by atoms with Crippen LogP contribution < -0.4 is 16.0 Å². The molecule has 4 aromatic rings. The Morgan fingerprint density at radius 1 is 0.933 bits per heavy atom. The van der Waals surface area contributed by atoms with Gasteiger partial charge in [-0.15, -0.1) is 11.3 Å². The second-order valence-electron chi connectivity index (χ2n) is 6.74. The summed E-state index contributed by atoms with van der Waals surface area (Å²) < 4.78 is 6.33. The predicted octanol–water partition coefficient (Wildman–Crippen LogP) is 4.79. The fourth-order valence-electron chi connectivity index (χ4n) is 3.09. The smallest absolute Gasteiger partial charge is 0.315 e. The summed E-state index contributed by atoms with van der Waals surface area (Å²) in [4.78, 5) is 24.0. The molecule has 152 valence electrons. The van der Waals surface area contributed by atoms with Crippen LogP contribution in [-0.4, -0.2) is 18.5 Å². The average Bonchev–Trinajstić information content (AvgIpc) is 3.44. The number of carbonyl (C=O) groups excluding carboxylic acids is 2. The zero-order chi connectivity index (χ0) is 20.8. The molecular weight excluding hydrogens is 398 g/mol. The van der Waals surface area contributed by atoms with Gasteiger partial charge < -0.3 is 20.4 Å². The number of hydrogen-bond acceptors (Lipinski definition) is 4. The Hall–Kier alpha value is -3.58. The highest BCUT2D eigenvalue weighted by Gasteiger charge is 2.09. The molecule has 0 unspecified atom stereocenters. The zero-order valence-corrected chi connectivity index (χ0v) is 17.0. The van der Waals surface area contributed by atoms with Gasteiger partial charge in [-0.3, -0.25) is 4.79 Å². The Balaban J connectivity index is 1.20. The molecule has 0 bridgehead atoms. The van der Waals surface area contributed by atoms with E-state index in [1.807, 2.05) is 24.3 Å². The van der Waals surface area contributed by atoms with Crippen molar-refractivity contribution >= 4 is 39.0 Å². The molecule has 3 N–H and O–H groups in total. The lowest BCUT2D eigenvalue weighted by Crippen LogP contribution is -2.36. The van der Waals surface area contributed by atoms with Gasteiger partial charge in [0.1, 0.15) is 0 Å². The van der Waals surface area contributed by atoms with E-state index in [0.29, 0.717) is 18.8 Å². The van der Waals surface area contributed by atoms with E-state index in [4.69, 9.17) is 4.42 Å². The fraction of sp³-hybridized carbons (Fsp3) is 0.130. The topological polar surface area (TPSA) is 83.4 Å². The second kappa shape index (κ2) is 9.28. The number of anilines is 1. The van der Waals surface area contributed by atoms with Gasteiger partial charge in [-0.05, 0) is 58.6 Å². The molecule has 7 heteroatoms. The van der Waals surface area contributed by atoms with Crippen molar-refractivity contribution in [1.82, 2.24) is 10.6 Å². The van der Waals surface area contributed by atoms with Crippen molar-refractivity contribution in [3.63, 3.8) is 0 Å². The van der Waals surface area contributed by atoms with E-state index >= 15 is 0 Å². The van der Waals surface area contributed by atoms with Crippen LogP contribution in [0.3, 0.4) is 0 Å². The summed E-state index contributed by atoms with van der Waals surface area (Å²) in [5, 5.41) is 11.9. The van der Waals surface area contributed by atoms with Gasteiger partial charge in [0, 0.05) is 23.5 Å². The van der Waals surface area contributed by atoms with E-state index < -0.39 is 0 Å². The number of benzene rings is 2. The molecule has 3 amide bonds. The summed E-state index contributed by atoms with van der Waals surface area (Å²) in [5.41, 5.74) is 2.85. The molecular formula is C23H21N3O3S. The molecule has 0 aliphatic carbocycles. The quantitative estimate of drug-likeness (QED) is 0.403. The number of furan rings is 1. The highest BCUT2D eigenvalue weighted by atomic mass is 32.1. The van der Waals surface area contributed by atoms with Crippen molar-refractivity contribution in [3.8, 4) is 0 Å². The van der Waals surface area contributed by atoms with Gasteiger partial charge in [-0.1, -0.05) is 30.3 Å². The number of rotatable bonds is 7. The SMILES string of the molecule is O=C(NCCc1csc2ccccc12)NCc1ccc(NC(=O)c2ccco2)cc1. The van der Waals surface area contributed by atoms with Crippen molar-refractivity contribution in [3.05, 3.63) is 89.2 Å². The number of carbonyl (C=O) groups is 2. The molecule has 30 heavy (non-hydrogen) atoms. The van der Waals surface area contributed by atoms with E-state index in [9.17, 15) is 9.59 Å². The largest absolute Gasteiger partial charge is 0.459 e. The molecule has 2 heterocycles. The Morgan fingerprint density at radius 3 is 2.57 bits per heavy atom. The van der Waals surface area contributed by atoms with Crippen molar-refractivity contribution in [2.24, 2.45) is 0 Å². The highest BCUT2D eigenvalue weighted by molar-refractivity contribution is 7.17. The van der Waals surface area contributed by atoms with Crippen LogP contribution >= 0.6 is 11.3 Å². The van der Waals surface area contributed by atoms with Crippen LogP contribution in [0.25, 0.3) is 10.1 Å². The second-order valence-corrected chi connectivity index (χ2v) is 7.66. The van der Waals surface area contributed by atoms with Gasteiger partial charge in [0.15, 0.2) is 5.76 Å². The van der Waals surface area contributed by atoms with Gasteiger partial charge in [-0.2, -0.15) is 0 Å². The molecule has 0 saturated heterocycles. The molecule has 0 radical (unpaired) electrons. The number of thiophene rings is 1. The Labute approximate surface area is 177 Å². The number of amides is 3. The normalized spacial score (nSPS) is 10.7. The number of hydrogen-bond donors (Lipinski definition) is 3. The van der Waals surface area contributed by atoms with Crippen molar-refractivity contribution in [2.45, 2.75) is 13.0 Å². The van der Waals surface area contributed by atoms with E-state index in [2.05, 4.69) is 33.5 Å². The number of urea groups is 1. The molecule has 4 rings (SSSR count). The first-order valence-corrected chi connectivity index (χ1v) is 10.5. The zero-order valence-electron chi connectivity index (χ0n) is 16.2. The standard InChI is InChI=1S/C23H21N3O3S/c27-22(20-5-3-13-29-20)26-18-9-7-16(8-10-18)14-25-23(28)24-12-11-17-15-30-21-6-2-1-4-19(17)21/h1-10,13,15H,11-12,14H2,(H,26,27)(H2,24,25,28). The van der Waals surface area contributed by atoms with Crippen LogP contribution in [0.15, 0.2) is 76.7 Å². The van der Waals surface area contributed by atoms with Crippen LogP contribution in [-0.2, 0) is 13.0 Å². The summed E-state index contributed by atoms with van der Waals surface area (Å²) in [6, 6.07) is 18.6. The summed E-state index contributed by atoms with van der Waals surface area (Å²) in [7, 11) is 0. The predicted molar refractivity (Wildman–Crippen MR) is 119 cm³/mol. The molecule has 0 fully saturated rings. The average molecular weight is 420 g/mol. The van der Waals surface area contributed by atoms with Crippen LogP contribution in [0.2, 0.25) is 0 Å². The van der Waals surface area contributed by atoms with Crippen LogP contribution in [0.5, 0.6) is 0 Å². The summed E-state index contributed by atoms with van der Waals surface area (Å²) in [5.74, 6) is -0.0449. The van der Waals surface area contributed by atoms with Gasteiger partial charge >= 0.3 is 6.03 Å². The summed E-state index contributed by atoms with van der Waals surface area (Å²) >= 11 is 1.72. The summed E-state index contributed by atoms with van der Waals surface area (Å²) in [6.45, 7) is 0.976. The third kappa shape index (κ3) is 4.87. The lowest BCUT2D eigenvalue weighted by Gasteiger charge is -2.09. The van der Waals surface area contributed by atoms with Gasteiger partial charge in [0.05, 0.1) is 6.26 Å². The van der Waals surface area contributed by atoms with E-state index in [1.54, 1.807) is 35.6 Å². The maximum atomic E-state index is 12.1. The van der Waals surface area contributed by atoms with E-state index in [1.165, 1.54) is 21.9 Å². The first-order chi connectivity index (χ1) is 14.7. The number of fused-ring (bicyclic) bond motifs is 1. The van der Waals surface area contributed by atoms with Crippen LogP contribution in [0.1, 0.15) is 21.7 Å². The third-order valence-corrected chi connectivity index (χ3v) is 5.66. The third-order valence-electron chi connectivity index (χ3n) is 4.65. The summed E-state index contributed by atoms with van der Waals surface area (Å²) in [6.07, 6.45) is 2.25. The lowest BCUT2D eigenvalue weighted by molar-refractivity contribution is 0.0996. The Morgan fingerprint density at radius 2 is 1.77 bits per heavy atom. The molecule has 0 spiro atoms. The molecule has 2 aromatic carbocycles. The molecule has 0 aliphatic rings. The molecule has 6 nitrogen and oxygen atoms in total.